The van der Waals surface area contributed by atoms with E-state index in [2.05, 4.69) is 10.2 Å². The second kappa shape index (κ2) is 16.9. The second-order valence-corrected chi connectivity index (χ2v) is 17.3. The van der Waals surface area contributed by atoms with E-state index in [1.54, 1.807) is 62.1 Å². The van der Waals surface area contributed by atoms with Crippen LogP contribution in [0.5, 0.6) is 11.5 Å². The lowest BCUT2D eigenvalue weighted by molar-refractivity contribution is -0.118. The number of aryl methyl sites for hydroxylation is 2. The Morgan fingerprint density at radius 2 is 1.15 bits per heavy atom. The molecule has 2 aromatic heterocycles. The van der Waals surface area contributed by atoms with Gasteiger partial charge in [0.05, 0.1) is 25.8 Å². The number of amides is 6. The number of rotatable bonds is 11. The minimum absolute atomic E-state index is 0.00363. The van der Waals surface area contributed by atoms with Gasteiger partial charge in [0.1, 0.15) is 28.6 Å². The van der Waals surface area contributed by atoms with E-state index in [9.17, 15) is 28.8 Å². The highest BCUT2D eigenvalue weighted by Gasteiger charge is 2.40. The molecule has 0 saturated carbocycles. The quantitative estimate of drug-likeness (QED) is 0.178. The van der Waals surface area contributed by atoms with Crippen LogP contribution in [0.15, 0.2) is 78.9 Å². The van der Waals surface area contributed by atoms with Crippen LogP contribution >= 0.6 is 0 Å². The van der Waals surface area contributed by atoms with E-state index in [1.807, 2.05) is 50.2 Å². The van der Waals surface area contributed by atoms with E-state index in [0.717, 1.165) is 23.2 Å². The maximum atomic E-state index is 14.6. The number of primary amides is 2. The van der Waals surface area contributed by atoms with Crippen molar-refractivity contribution in [1.82, 2.24) is 19.6 Å². The number of fused-ring (bicyclic) bond motifs is 2. The third-order valence-corrected chi connectivity index (χ3v) is 13.5. The molecule has 10 rings (SSSR count). The first-order chi connectivity index (χ1) is 32.8. The summed E-state index contributed by atoms with van der Waals surface area (Å²) in [4.78, 5) is 88.0. The van der Waals surface area contributed by atoms with Crippen molar-refractivity contribution in [2.75, 3.05) is 60.0 Å². The molecule has 1 atom stereocenters. The number of anilines is 4. The average molecular weight is 917 g/mol. The van der Waals surface area contributed by atoms with E-state index >= 15 is 0 Å². The standard InChI is InChI=1S/C50H48N10O8/c1-27-24-29(55-20-7-10-41(55)61)11-14-36(27)57-22-18-33-42(46(51)62)53-59(44(33)49(57)65)31-13-16-39(67-3)35(26-31)32-17-21-56(48(32)64)30-12-15-37(28(2)25-30)58-23-19-34-43(47(52)63)54-60(45(34)50(58)66)38-8-5-6-9-40(38)68-4/h5-6,8-9,11-16,24-26,32H,7,10,17-23H2,1-4H3,(H2,51,62)(H2,52,63). The normalized spacial score (nSPS) is 17.0. The molecule has 4 aromatic carbocycles. The Morgan fingerprint density at radius 1 is 0.588 bits per heavy atom. The molecule has 2 saturated heterocycles. The summed E-state index contributed by atoms with van der Waals surface area (Å²) in [5.74, 6) is -2.06. The van der Waals surface area contributed by atoms with E-state index in [0.29, 0.717) is 95.4 Å². The summed E-state index contributed by atoms with van der Waals surface area (Å²) in [6, 6.07) is 23.4. The number of methoxy groups -OCH3 is 2. The van der Waals surface area contributed by atoms with Crippen molar-refractivity contribution < 1.29 is 38.2 Å². The van der Waals surface area contributed by atoms with Crippen LogP contribution in [-0.2, 0) is 22.4 Å². The first-order valence-corrected chi connectivity index (χ1v) is 22.4. The van der Waals surface area contributed by atoms with Gasteiger partial charge in [-0.25, -0.2) is 9.36 Å². The molecular formula is C50H48N10O8. The van der Waals surface area contributed by atoms with Crippen LogP contribution < -0.4 is 40.5 Å². The van der Waals surface area contributed by atoms with Gasteiger partial charge < -0.3 is 40.5 Å². The molecular weight excluding hydrogens is 869 g/mol. The highest BCUT2D eigenvalue weighted by atomic mass is 16.5. The molecule has 346 valence electrons. The van der Waals surface area contributed by atoms with Gasteiger partial charge in [-0.2, -0.15) is 10.2 Å². The van der Waals surface area contributed by atoms with Gasteiger partial charge >= 0.3 is 0 Å². The number of carbonyl (C=O) groups excluding carboxylic acids is 6. The molecule has 0 radical (unpaired) electrons. The van der Waals surface area contributed by atoms with Crippen LogP contribution in [-0.4, -0.2) is 95.4 Å². The molecule has 0 aliphatic carbocycles. The first kappa shape index (κ1) is 43.6. The lowest BCUT2D eigenvalue weighted by Gasteiger charge is -2.30. The van der Waals surface area contributed by atoms with Gasteiger partial charge in [-0.1, -0.05) is 12.1 Å². The molecule has 6 amide bonds. The van der Waals surface area contributed by atoms with Gasteiger partial charge in [0, 0.05) is 72.0 Å². The largest absolute Gasteiger partial charge is 0.496 e. The van der Waals surface area contributed by atoms with Gasteiger partial charge in [-0.3, -0.25) is 28.8 Å². The van der Waals surface area contributed by atoms with Crippen LogP contribution in [0.2, 0.25) is 0 Å². The number of hydrogen-bond acceptors (Lipinski definition) is 10. The third-order valence-electron chi connectivity index (χ3n) is 13.5. The van der Waals surface area contributed by atoms with Crippen LogP contribution in [0.4, 0.5) is 22.7 Å². The SMILES string of the molecule is COc1ccc(-n2nc(C(N)=O)c3c2C(=O)N(c2ccc(N4CCCC4=O)cc2C)CC3)cc1C1CCN(c2ccc(N3CCc4c(C(N)=O)nn(-c5ccccc5OC)c4C3=O)c(C)c2)C1=O. The van der Waals surface area contributed by atoms with E-state index in [4.69, 9.17) is 20.9 Å². The Labute approximate surface area is 390 Å². The van der Waals surface area contributed by atoms with Crippen molar-refractivity contribution in [3.05, 3.63) is 129 Å². The zero-order valence-corrected chi connectivity index (χ0v) is 37.9. The number of ether oxygens (including phenoxy) is 2. The summed E-state index contributed by atoms with van der Waals surface area (Å²) in [6.07, 6.45) is 2.39. The van der Waals surface area contributed by atoms with E-state index < -0.39 is 17.7 Å². The molecule has 18 heteroatoms. The van der Waals surface area contributed by atoms with Crippen LogP contribution in [0.1, 0.15) is 95.0 Å². The number of nitrogens with zero attached hydrogens (tertiary/aromatic N) is 8. The maximum absolute atomic E-state index is 14.6. The third kappa shape index (κ3) is 7.01. The van der Waals surface area contributed by atoms with Crippen molar-refractivity contribution in [2.45, 2.75) is 51.9 Å². The molecule has 0 spiro atoms. The fourth-order valence-electron chi connectivity index (χ4n) is 10.2. The number of nitrogens with two attached hydrogens (primary N) is 2. The van der Waals surface area contributed by atoms with Crippen molar-refractivity contribution >= 4 is 58.2 Å². The average Bonchev–Trinajstić information content (AvgIpc) is 4.14. The predicted molar refractivity (Wildman–Crippen MR) is 252 cm³/mol. The van der Waals surface area contributed by atoms with Crippen molar-refractivity contribution in [1.29, 1.82) is 0 Å². The Hall–Kier alpha value is -8.28. The smallest absolute Gasteiger partial charge is 0.277 e. The van der Waals surface area contributed by atoms with Crippen LogP contribution in [0, 0.1) is 13.8 Å². The van der Waals surface area contributed by atoms with Gasteiger partial charge in [0.25, 0.3) is 23.6 Å². The van der Waals surface area contributed by atoms with Crippen LogP contribution in [0.25, 0.3) is 11.4 Å². The Balaban J connectivity index is 0.930. The van der Waals surface area contributed by atoms with E-state index in [-0.39, 0.29) is 59.5 Å². The minimum Gasteiger partial charge on any atom is -0.496 e. The Morgan fingerprint density at radius 3 is 1.71 bits per heavy atom. The molecule has 4 aliphatic heterocycles. The number of hydrogen-bond donors (Lipinski definition) is 2. The lowest BCUT2D eigenvalue weighted by atomic mass is 9.95. The lowest BCUT2D eigenvalue weighted by Crippen LogP contribution is -2.39. The first-order valence-electron chi connectivity index (χ1n) is 22.4. The molecule has 6 aromatic rings. The molecule has 4 aliphatic rings. The second-order valence-electron chi connectivity index (χ2n) is 17.3. The van der Waals surface area contributed by atoms with Gasteiger partial charge in [-0.05, 0) is 117 Å². The van der Waals surface area contributed by atoms with Gasteiger partial charge in [-0.15, -0.1) is 0 Å². The fraction of sp³-hybridized carbons (Fsp3) is 0.280. The number of benzene rings is 4. The monoisotopic (exact) mass is 916 g/mol. The molecule has 68 heavy (non-hydrogen) atoms. The van der Waals surface area contributed by atoms with Gasteiger partial charge in [0.15, 0.2) is 11.4 Å². The highest BCUT2D eigenvalue weighted by molar-refractivity contribution is 6.11. The Bertz CT molecular complexity index is 3150. The number of para-hydroxylation sites is 2. The summed E-state index contributed by atoms with van der Waals surface area (Å²) in [7, 11) is 3.04. The van der Waals surface area contributed by atoms with Gasteiger partial charge in [0.2, 0.25) is 11.8 Å². The zero-order chi connectivity index (χ0) is 47.7. The molecule has 4 N–H and O–H groups in total. The Kier molecular flexibility index (Phi) is 10.8. The summed E-state index contributed by atoms with van der Waals surface area (Å²) < 4.78 is 14.2. The number of carbonyl (C=O) groups is 6. The summed E-state index contributed by atoms with van der Waals surface area (Å²) in [5.41, 5.74) is 18.7. The van der Waals surface area contributed by atoms with Crippen LogP contribution in [0.3, 0.4) is 0 Å². The molecule has 1 unspecified atom stereocenters. The minimum atomic E-state index is -0.764. The molecule has 18 nitrogen and oxygen atoms in total. The van der Waals surface area contributed by atoms with Crippen molar-refractivity contribution in [3.63, 3.8) is 0 Å². The van der Waals surface area contributed by atoms with E-state index in [1.165, 1.54) is 23.6 Å². The molecule has 0 bridgehead atoms. The molecule has 6 heterocycles. The zero-order valence-electron chi connectivity index (χ0n) is 37.9. The number of aromatic nitrogens is 4. The maximum Gasteiger partial charge on any atom is 0.277 e. The molecule has 2 fully saturated rings. The summed E-state index contributed by atoms with van der Waals surface area (Å²) in [6.45, 7) is 5.35. The topological polar surface area (TPSA) is 222 Å². The summed E-state index contributed by atoms with van der Waals surface area (Å²) >= 11 is 0. The van der Waals surface area contributed by atoms with Crippen molar-refractivity contribution in [3.8, 4) is 22.9 Å². The predicted octanol–water partition coefficient (Wildman–Crippen LogP) is 4.94. The highest BCUT2D eigenvalue weighted by Crippen LogP contribution is 2.41. The summed E-state index contributed by atoms with van der Waals surface area (Å²) in [5, 5.41) is 9.10. The van der Waals surface area contributed by atoms with Crippen molar-refractivity contribution in [2.24, 2.45) is 11.5 Å². The fourth-order valence-corrected chi connectivity index (χ4v) is 10.2.